The highest BCUT2D eigenvalue weighted by Gasteiger charge is 2.32. The molecule has 2 aliphatic heterocycles. The summed E-state index contributed by atoms with van der Waals surface area (Å²) >= 11 is 0. The summed E-state index contributed by atoms with van der Waals surface area (Å²) in [5.74, 6) is 2.73. The van der Waals surface area contributed by atoms with Crippen LogP contribution in [-0.2, 0) is 9.53 Å². The fourth-order valence-corrected chi connectivity index (χ4v) is 3.08. The number of carbonyl (C=O) groups is 1. The zero-order valence-electron chi connectivity index (χ0n) is 13.9. The summed E-state index contributed by atoms with van der Waals surface area (Å²) in [5.41, 5.74) is 0. The van der Waals surface area contributed by atoms with Gasteiger partial charge in [-0.1, -0.05) is 0 Å². The van der Waals surface area contributed by atoms with E-state index < -0.39 is 6.10 Å². The topological polar surface area (TPSA) is 57.2 Å². The number of ether oxygens (including phenoxy) is 4. The average Bonchev–Trinajstić information content (AvgIpc) is 3.10. The van der Waals surface area contributed by atoms with Crippen molar-refractivity contribution < 1.29 is 23.7 Å². The Labute approximate surface area is 141 Å². The summed E-state index contributed by atoms with van der Waals surface area (Å²) in [6.07, 6.45) is 3.13. The van der Waals surface area contributed by atoms with Gasteiger partial charge in [-0.15, -0.1) is 0 Å². The van der Waals surface area contributed by atoms with E-state index in [2.05, 4.69) is 0 Å². The summed E-state index contributed by atoms with van der Waals surface area (Å²) < 4.78 is 22.3. The number of hydrogen-bond acceptors (Lipinski definition) is 5. The van der Waals surface area contributed by atoms with Crippen LogP contribution in [0.1, 0.15) is 26.2 Å². The number of fused-ring (bicyclic) bond motifs is 1. The molecule has 6 heteroatoms. The van der Waals surface area contributed by atoms with Crippen LogP contribution in [0.15, 0.2) is 18.2 Å². The van der Waals surface area contributed by atoms with Gasteiger partial charge in [-0.25, -0.2) is 0 Å². The number of likely N-dealkylation sites (tertiary alicyclic amines) is 1. The van der Waals surface area contributed by atoms with Crippen LogP contribution in [0.3, 0.4) is 0 Å². The molecule has 130 valence electrons. The Balaban J connectivity index is 1.29. The molecular weight excluding hydrogens is 310 g/mol. The lowest BCUT2D eigenvalue weighted by atomic mass is 10.3. The number of amides is 1. The third-order valence-corrected chi connectivity index (χ3v) is 4.73. The maximum absolute atomic E-state index is 12.6. The Morgan fingerprint density at radius 1 is 1.29 bits per heavy atom. The van der Waals surface area contributed by atoms with Crippen LogP contribution in [-0.4, -0.2) is 49.5 Å². The van der Waals surface area contributed by atoms with Crippen molar-refractivity contribution in [2.75, 3.05) is 26.5 Å². The van der Waals surface area contributed by atoms with Crippen LogP contribution in [0.2, 0.25) is 0 Å². The lowest BCUT2D eigenvalue weighted by Crippen LogP contribution is -2.39. The van der Waals surface area contributed by atoms with Gasteiger partial charge in [0.1, 0.15) is 5.75 Å². The zero-order chi connectivity index (χ0) is 16.5. The van der Waals surface area contributed by atoms with Crippen LogP contribution in [0.4, 0.5) is 0 Å². The van der Waals surface area contributed by atoms with E-state index in [1.54, 1.807) is 25.1 Å². The third kappa shape index (κ3) is 3.43. The second-order valence-electron chi connectivity index (χ2n) is 6.75. The Morgan fingerprint density at radius 2 is 2.12 bits per heavy atom. The number of benzene rings is 1. The molecular formula is C18H23NO5. The summed E-state index contributed by atoms with van der Waals surface area (Å²) in [7, 11) is 0. The Bertz CT molecular complexity index is 615. The molecule has 0 N–H and O–H groups in total. The van der Waals surface area contributed by atoms with E-state index in [1.165, 1.54) is 12.8 Å². The maximum Gasteiger partial charge on any atom is 0.263 e. The highest BCUT2D eigenvalue weighted by molar-refractivity contribution is 5.81. The molecule has 1 saturated carbocycles. The van der Waals surface area contributed by atoms with Gasteiger partial charge in [-0.3, -0.25) is 4.79 Å². The summed E-state index contributed by atoms with van der Waals surface area (Å²) in [5, 5.41) is 0. The molecule has 1 amide bonds. The smallest absolute Gasteiger partial charge is 0.263 e. The van der Waals surface area contributed by atoms with Crippen LogP contribution >= 0.6 is 0 Å². The monoisotopic (exact) mass is 333 g/mol. The molecule has 0 aromatic heterocycles. The van der Waals surface area contributed by atoms with Gasteiger partial charge in [-0.2, -0.15) is 0 Å². The normalized spacial score (nSPS) is 23.4. The van der Waals surface area contributed by atoms with Crippen molar-refractivity contribution in [3.63, 3.8) is 0 Å². The van der Waals surface area contributed by atoms with Gasteiger partial charge in [0.25, 0.3) is 5.91 Å². The molecule has 0 spiro atoms. The van der Waals surface area contributed by atoms with Gasteiger partial charge in [0.15, 0.2) is 17.6 Å². The third-order valence-electron chi connectivity index (χ3n) is 4.73. The Hall–Kier alpha value is -1.95. The molecule has 2 fully saturated rings. The van der Waals surface area contributed by atoms with E-state index in [1.807, 2.05) is 4.90 Å². The molecule has 4 rings (SSSR count). The quantitative estimate of drug-likeness (QED) is 0.799. The first kappa shape index (κ1) is 15.6. The molecule has 1 aromatic rings. The van der Waals surface area contributed by atoms with E-state index in [0.29, 0.717) is 23.8 Å². The fraction of sp³-hybridized carbons (Fsp3) is 0.611. The minimum atomic E-state index is -0.535. The Kier molecular flexibility index (Phi) is 4.22. The van der Waals surface area contributed by atoms with Crippen molar-refractivity contribution in [2.45, 2.75) is 38.4 Å². The molecule has 24 heavy (non-hydrogen) atoms. The molecule has 6 nitrogen and oxygen atoms in total. The molecule has 0 bridgehead atoms. The van der Waals surface area contributed by atoms with Gasteiger partial charge in [-0.05, 0) is 44.2 Å². The van der Waals surface area contributed by atoms with E-state index in [9.17, 15) is 4.79 Å². The van der Waals surface area contributed by atoms with E-state index in [-0.39, 0.29) is 18.8 Å². The predicted octanol–water partition coefficient (Wildman–Crippen LogP) is 2.21. The zero-order valence-corrected chi connectivity index (χ0v) is 13.9. The summed E-state index contributed by atoms with van der Waals surface area (Å²) in [4.78, 5) is 14.4. The number of carbonyl (C=O) groups excluding carboxylic acids is 1. The van der Waals surface area contributed by atoms with E-state index in [0.717, 1.165) is 25.5 Å². The van der Waals surface area contributed by atoms with Crippen LogP contribution in [0, 0.1) is 5.92 Å². The Morgan fingerprint density at radius 3 is 2.96 bits per heavy atom. The number of hydrogen-bond donors (Lipinski definition) is 0. The lowest BCUT2D eigenvalue weighted by Gasteiger charge is -2.22. The highest BCUT2D eigenvalue weighted by atomic mass is 16.7. The van der Waals surface area contributed by atoms with Gasteiger partial charge in [0.2, 0.25) is 6.79 Å². The maximum atomic E-state index is 12.6. The van der Waals surface area contributed by atoms with Crippen molar-refractivity contribution >= 4 is 5.91 Å². The molecule has 1 aromatic carbocycles. The summed E-state index contributed by atoms with van der Waals surface area (Å²) in [6.45, 7) is 4.26. The second kappa shape index (κ2) is 6.51. The first-order valence-electron chi connectivity index (χ1n) is 8.66. The predicted molar refractivity (Wildman–Crippen MR) is 86.3 cm³/mol. The molecule has 3 aliphatic rings. The van der Waals surface area contributed by atoms with E-state index in [4.69, 9.17) is 18.9 Å². The van der Waals surface area contributed by atoms with E-state index >= 15 is 0 Å². The van der Waals surface area contributed by atoms with Gasteiger partial charge in [0.05, 0.1) is 6.10 Å². The largest absolute Gasteiger partial charge is 0.481 e. The van der Waals surface area contributed by atoms with Crippen LogP contribution in [0.5, 0.6) is 17.2 Å². The van der Waals surface area contributed by atoms with Crippen molar-refractivity contribution in [2.24, 2.45) is 5.92 Å². The first-order valence-corrected chi connectivity index (χ1v) is 8.66. The van der Waals surface area contributed by atoms with Crippen LogP contribution < -0.4 is 14.2 Å². The minimum Gasteiger partial charge on any atom is -0.481 e. The molecule has 0 radical (unpaired) electrons. The highest BCUT2D eigenvalue weighted by Crippen LogP contribution is 2.35. The average molecular weight is 333 g/mol. The number of nitrogens with zero attached hydrogens (tertiary/aromatic N) is 1. The standard InChI is InChI=1S/C18H23NO5/c1-12(24-14-4-5-16-17(8-14)23-11-22-16)18(20)19-7-6-15(9-19)21-10-13-2-3-13/h4-5,8,12-13,15H,2-3,6-7,9-11H2,1H3/t12-,15+/m1/s1. The number of rotatable bonds is 6. The molecule has 2 atom stereocenters. The molecule has 0 unspecified atom stereocenters. The second-order valence-corrected chi connectivity index (χ2v) is 6.75. The van der Waals surface area contributed by atoms with Crippen molar-refractivity contribution in [1.82, 2.24) is 4.90 Å². The minimum absolute atomic E-state index is 0.00480. The van der Waals surface area contributed by atoms with Gasteiger partial charge < -0.3 is 23.8 Å². The molecule has 1 saturated heterocycles. The van der Waals surface area contributed by atoms with Crippen LogP contribution in [0.25, 0.3) is 0 Å². The fourth-order valence-electron chi connectivity index (χ4n) is 3.08. The first-order chi connectivity index (χ1) is 11.7. The lowest BCUT2D eigenvalue weighted by molar-refractivity contribution is -0.137. The summed E-state index contributed by atoms with van der Waals surface area (Å²) in [6, 6.07) is 5.35. The van der Waals surface area contributed by atoms with Gasteiger partial charge >= 0.3 is 0 Å². The molecule has 2 heterocycles. The van der Waals surface area contributed by atoms with Crippen molar-refractivity contribution in [3.05, 3.63) is 18.2 Å². The van der Waals surface area contributed by atoms with Crippen molar-refractivity contribution in [1.29, 1.82) is 0 Å². The van der Waals surface area contributed by atoms with Gasteiger partial charge in [0, 0.05) is 25.8 Å². The SMILES string of the molecule is C[C@@H](Oc1ccc2c(c1)OCO2)C(=O)N1CC[C@H](OCC2CC2)C1. The van der Waals surface area contributed by atoms with Crippen molar-refractivity contribution in [3.8, 4) is 17.2 Å². The molecule has 1 aliphatic carbocycles.